The van der Waals surface area contributed by atoms with Crippen LogP contribution in [0.25, 0.3) is 0 Å². The number of nitrogens with one attached hydrogen (secondary N) is 2. The van der Waals surface area contributed by atoms with Gasteiger partial charge in [0, 0.05) is 11.9 Å². The molecule has 0 radical (unpaired) electrons. The van der Waals surface area contributed by atoms with Gasteiger partial charge in [0.15, 0.2) is 0 Å². The van der Waals surface area contributed by atoms with Crippen LogP contribution in [0.1, 0.15) is 12.5 Å². The van der Waals surface area contributed by atoms with Gasteiger partial charge in [-0.3, -0.25) is 9.59 Å². The lowest BCUT2D eigenvalue weighted by Gasteiger charge is -2.09. The van der Waals surface area contributed by atoms with Gasteiger partial charge in [0.25, 0.3) is 5.91 Å². The largest absolute Gasteiger partial charge is 0.480 e. The molecule has 0 aliphatic rings. The Morgan fingerprint density at radius 2 is 1.87 bits per heavy atom. The van der Waals surface area contributed by atoms with Gasteiger partial charge >= 0.3 is 12.1 Å². The molecular weight excluding hydrogens is 315 g/mol. The third kappa shape index (κ3) is 5.35. The van der Waals surface area contributed by atoms with Crippen LogP contribution in [-0.4, -0.2) is 23.0 Å². The fraction of sp³-hybridized carbons (Fsp3) is 0.214. The molecule has 0 saturated heterocycles. The summed E-state index contributed by atoms with van der Waals surface area (Å²) in [5.41, 5.74) is -1.02. The molecule has 0 aliphatic heterocycles. The number of benzene rings is 1. The molecule has 1 rings (SSSR count). The van der Waals surface area contributed by atoms with E-state index in [0.29, 0.717) is 0 Å². The molecule has 122 valence electrons. The monoisotopic (exact) mass is 327 g/mol. The number of nitriles is 1. The first-order chi connectivity index (χ1) is 10.6. The lowest BCUT2D eigenvalue weighted by Crippen LogP contribution is -2.39. The molecule has 1 aromatic rings. The number of carboxylic acids is 1. The summed E-state index contributed by atoms with van der Waals surface area (Å²) in [5, 5.41) is 22.1. The van der Waals surface area contributed by atoms with Crippen LogP contribution in [0.3, 0.4) is 0 Å². The number of alkyl halides is 3. The predicted octanol–water partition coefficient (Wildman–Crippen LogP) is 2.11. The van der Waals surface area contributed by atoms with E-state index in [4.69, 9.17) is 10.4 Å². The third-order valence-electron chi connectivity index (χ3n) is 2.68. The van der Waals surface area contributed by atoms with Gasteiger partial charge in [-0.1, -0.05) is 0 Å². The molecule has 0 aliphatic carbocycles. The number of hydrogen-bond donors (Lipinski definition) is 3. The SMILES string of the molecule is CC(NC(=O)/C(C#N)=C\Nc1ccc(C(F)(F)F)cc1)C(=O)O. The predicted molar refractivity (Wildman–Crippen MR) is 74.0 cm³/mol. The number of hydrogen-bond acceptors (Lipinski definition) is 4. The number of aliphatic carboxylic acids is 1. The van der Waals surface area contributed by atoms with Crippen LogP contribution in [0.4, 0.5) is 18.9 Å². The lowest BCUT2D eigenvalue weighted by molar-refractivity contribution is -0.140. The number of carboxylic acid groups (broad SMARTS) is 1. The van der Waals surface area contributed by atoms with Crippen molar-refractivity contribution in [2.45, 2.75) is 19.1 Å². The van der Waals surface area contributed by atoms with E-state index in [-0.39, 0.29) is 5.69 Å². The van der Waals surface area contributed by atoms with Gasteiger partial charge in [-0.2, -0.15) is 18.4 Å². The van der Waals surface area contributed by atoms with Crippen molar-refractivity contribution in [3.05, 3.63) is 41.6 Å². The Morgan fingerprint density at radius 3 is 2.30 bits per heavy atom. The molecule has 1 atom stereocenters. The van der Waals surface area contributed by atoms with Crippen LogP contribution < -0.4 is 10.6 Å². The molecule has 1 amide bonds. The van der Waals surface area contributed by atoms with Gasteiger partial charge in [0.2, 0.25) is 0 Å². The maximum Gasteiger partial charge on any atom is 0.416 e. The Bertz CT molecular complexity index is 661. The second-order valence-electron chi connectivity index (χ2n) is 4.42. The minimum atomic E-state index is -4.46. The van der Waals surface area contributed by atoms with Crippen molar-refractivity contribution < 1.29 is 27.9 Å². The van der Waals surface area contributed by atoms with Gasteiger partial charge in [-0.15, -0.1) is 0 Å². The van der Waals surface area contributed by atoms with Crippen molar-refractivity contribution >= 4 is 17.6 Å². The Hall–Kier alpha value is -3.02. The highest BCUT2D eigenvalue weighted by Gasteiger charge is 2.29. The Kier molecular flexibility index (Phi) is 5.73. The zero-order chi connectivity index (χ0) is 17.6. The molecule has 0 spiro atoms. The maximum atomic E-state index is 12.4. The quantitative estimate of drug-likeness (QED) is 0.568. The molecule has 1 unspecified atom stereocenters. The molecule has 1 aromatic carbocycles. The average molecular weight is 327 g/mol. The fourth-order valence-electron chi connectivity index (χ4n) is 1.40. The van der Waals surface area contributed by atoms with Gasteiger partial charge in [-0.05, 0) is 31.2 Å². The number of nitrogens with zero attached hydrogens (tertiary/aromatic N) is 1. The van der Waals surface area contributed by atoms with Gasteiger partial charge in [0.1, 0.15) is 17.7 Å². The molecule has 3 N–H and O–H groups in total. The van der Waals surface area contributed by atoms with E-state index in [9.17, 15) is 22.8 Å². The van der Waals surface area contributed by atoms with Gasteiger partial charge in [0.05, 0.1) is 5.56 Å². The molecule has 0 saturated carbocycles. The molecule has 0 aromatic heterocycles. The summed E-state index contributed by atoms with van der Waals surface area (Å²) >= 11 is 0. The molecule has 0 heterocycles. The van der Waals surface area contributed by atoms with Crippen LogP contribution in [0.2, 0.25) is 0 Å². The summed E-state index contributed by atoms with van der Waals surface area (Å²) in [6, 6.07) is 4.32. The minimum absolute atomic E-state index is 0.227. The van der Waals surface area contributed by atoms with Crippen molar-refractivity contribution in [3.63, 3.8) is 0 Å². The topological polar surface area (TPSA) is 102 Å². The highest BCUT2D eigenvalue weighted by atomic mass is 19.4. The highest BCUT2D eigenvalue weighted by molar-refractivity contribution is 5.99. The van der Waals surface area contributed by atoms with Crippen LogP contribution >= 0.6 is 0 Å². The van der Waals surface area contributed by atoms with E-state index in [1.807, 2.05) is 0 Å². The molecular formula is C14H12F3N3O3. The number of amides is 1. The van der Waals surface area contributed by atoms with Crippen LogP contribution in [0.5, 0.6) is 0 Å². The molecule has 6 nitrogen and oxygen atoms in total. The number of anilines is 1. The Balaban J connectivity index is 2.79. The normalized spacial score (nSPS) is 12.9. The van der Waals surface area contributed by atoms with E-state index in [0.717, 1.165) is 30.5 Å². The van der Waals surface area contributed by atoms with E-state index >= 15 is 0 Å². The Morgan fingerprint density at radius 1 is 1.30 bits per heavy atom. The standard InChI is InChI=1S/C14H12F3N3O3/c1-8(13(22)23)20-12(21)9(6-18)7-19-11-4-2-10(3-5-11)14(15,16)17/h2-5,7-8,19H,1H3,(H,20,21)(H,22,23)/b9-7-. The summed E-state index contributed by atoms with van der Waals surface area (Å²) in [6.45, 7) is 1.22. The number of carbonyl (C=O) groups excluding carboxylic acids is 1. The maximum absolute atomic E-state index is 12.4. The number of carbonyl (C=O) groups is 2. The molecule has 23 heavy (non-hydrogen) atoms. The summed E-state index contributed by atoms with van der Waals surface area (Å²) < 4.78 is 37.2. The summed E-state index contributed by atoms with van der Waals surface area (Å²) in [7, 11) is 0. The average Bonchev–Trinajstić information content (AvgIpc) is 2.47. The second-order valence-corrected chi connectivity index (χ2v) is 4.42. The van der Waals surface area contributed by atoms with E-state index < -0.39 is 35.2 Å². The van der Waals surface area contributed by atoms with Crippen molar-refractivity contribution in [1.29, 1.82) is 5.26 Å². The molecule has 9 heteroatoms. The molecule has 0 bridgehead atoms. The lowest BCUT2D eigenvalue weighted by atomic mass is 10.2. The zero-order valence-corrected chi connectivity index (χ0v) is 11.8. The first-order valence-corrected chi connectivity index (χ1v) is 6.23. The van der Waals surface area contributed by atoms with Crippen LogP contribution in [0, 0.1) is 11.3 Å². The third-order valence-corrected chi connectivity index (χ3v) is 2.68. The fourth-order valence-corrected chi connectivity index (χ4v) is 1.40. The van der Waals surface area contributed by atoms with Crippen LogP contribution in [-0.2, 0) is 15.8 Å². The Labute approximate surface area is 129 Å². The van der Waals surface area contributed by atoms with Crippen molar-refractivity contribution in [3.8, 4) is 6.07 Å². The smallest absolute Gasteiger partial charge is 0.416 e. The van der Waals surface area contributed by atoms with Crippen LogP contribution in [0.15, 0.2) is 36.0 Å². The van der Waals surface area contributed by atoms with Gasteiger partial charge < -0.3 is 15.7 Å². The van der Waals surface area contributed by atoms with E-state index in [1.54, 1.807) is 6.07 Å². The van der Waals surface area contributed by atoms with Gasteiger partial charge in [-0.25, -0.2) is 0 Å². The molecule has 0 fully saturated rings. The summed E-state index contributed by atoms with van der Waals surface area (Å²) in [6.07, 6.45) is -3.48. The first kappa shape index (κ1) is 18.0. The zero-order valence-electron chi connectivity index (χ0n) is 11.8. The number of rotatable bonds is 5. The summed E-state index contributed by atoms with van der Waals surface area (Å²) in [4.78, 5) is 22.3. The van der Waals surface area contributed by atoms with E-state index in [2.05, 4.69) is 10.6 Å². The van der Waals surface area contributed by atoms with Crippen molar-refractivity contribution in [1.82, 2.24) is 5.32 Å². The second kappa shape index (κ2) is 7.31. The summed E-state index contributed by atoms with van der Waals surface area (Å²) in [5.74, 6) is -2.19. The highest BCUT2D eigenvalue weighted by Crippen LogP contribution is 2.29. The van der Waals surface area contributed by atoms with E-state index in [1.165, 1.54) is 6.92 Å². The number of halogens is 3. The first-order valence-electron chi connectivity index (χ1n) is 6.23. The van der Waals surface area contributed by atoms with Crippen molar-refractivity contribution in [2.75, 3.05) is 5.32 Å². The van der Waals surface area contributed by atoms with Crippen molar-refractivity contribution in [2.24, 2.45) is 0 Å². The minimum Gasteiger partial charge on any atom is -0.480 e.